The zero-order valence-electron chi connectivity index (χ0n) is 13.5. The van der Waals surface area contributed by atoms with Gasteiger partial charge in [-0.25, -0.2) is 17.9 Å². The number of rotatable bonds is 4. The lowest BCUT2D eigenvalue weighted by Crippen LogP contribution is -2.49. The van der Waals surface area contributed by atoms with Crippen LogP contribution in [0, 0.1) is 11.8 Å². The Morgan fingerprint density at radius 2 is 1.78 bits per heavy atom. The molecule has 1 atom stereocenters. The van der Waals surface area contributed by atoms with Crippen LogP contribution in [-0.4, -0.2) is 69.1 Å². The molecule has 9 heteroatoms. The summed E-state index contributed by atoms with van der Waals surface area (Å²) in [6.07, 6.45) is 4.24. The van der Waals surface area contributed by atoms with E-state index in [-0.39, 0.29) is 17.7 Å². The van der Waals surface area contributed by atoms with Gasteiger partial charge in [0.25, 0.3) is 0 Å². The van der Waals surface area contributed by atoms with Crippen molar-refractivity contribution in [2.45, 2.75) is 25.7 Å². The molecule has 23 heavy (non-hydrogen) atoms. The van der Waals surface area contributed by atoms with Crippen LogP contribution in [0.3, 0.4) is 0 Å². The van der Waals surface area contributed by atoms with Crippen LogP contribution in [0.2, 0.25) is 0 Å². The Bertz CT molecular complexity index is 543. The number of hydrogen-bond acceptors (Lipinski definition) is 4. The number of sulfonamides is 1. The second-order valence-electron chi connectivity index (χ2n) is 6.51. The number of amides is 3. The molecule has 2 fully saturated rings. The fourth-order valence-corrected chi connectivity index (χ4v) is 3.84. The van der Waals surface area contributed by atoms with Crippen molar-refractivity contribution in [2.75, 3.05) is 39.0 Å². The minimum absolute atomic E-state index is 0.0628. The number of primary amides is 1. The van der Waals surface area contributed by atoms with Gasteiger partial charge in [0.15, 0.2) is 0 Å². The van der Waals surface area contributed by atoms with Crippen molar-refractivity contribution in [1.29, 1.82) is 0 Å². The molecular weight excluding hydrogens is 320 g/mol. The number of nitrogens with zero attached hydrogens (tertiary/aromatic N) is 2. The number of carbonyl (C=O) groups excluding carboxylic acids is 2. The Hall–Kier alpha value is -1.35. The van der Waals surface area contributed by atoms with Crippen molar-refractivity contribution in [3.05, 3.63) is 0 Å². The lowest BCUT2D eigenvalue weighted by Gasteiger charge is -2.37. The van der Waals surface area contributed by atoms with Gasteiger partial charge in [0, 0.05) is 38.6 Å². The molecule has 0 radical (unpaired) electrons. The van der Waals surface area contributed by atoms with Crippen molar-refractivity contribution in [1.82, 2.24) is 14.5 Å². The Labute approximate surface area is 137 Å². The van der Waals surface area contributed by atoms with Crippen molar-refractivity contribution in [2.24, 2.45) is 17.6 Å². The van der Waals surface area contributed by atoms with E-state index in [0.29, 0.717) is 39.0 Å². The van der Waals surface area contributed by atoms with Crippen molar-refractivity contribution >= 4 is 22.0 Å². The van der Waals surface area contributed by atoms with Gasteiger partial charge >= 0.3 is 6.03 Å². The zero-order chi connectivity index (χ0) is 17.0. The van der Waals surface area contributed by atoms with Crippen LogP contribution < -0.4 is 10.5 Å². The Kier molecular flexibility index (Phi) is 5.85. The van der Waals surface area contributed by atoms with Crippen molar-refractivity contribution < 1.29 is 18.0 Å². The van der Waals surface area contributed by atoms with Gasteiger partial charge in [-0.2, -0.15) is 0 Å². The molecule has 0 aromatic heterocycles. The molecule has 0 saturated carbocycles. The maximum atomic E-state index is 12.6. The fourth-order valence-electron chi connectivity index (χ4n) is 3.31. The number of likely N-dealkylation sites (tertiary alicyclic amines) is 2. The van der Waals surface area contributed by atoms with E-state index in [1.807, 2.05) is 4.90 Å². The van der Waals surface area contributed by atoms with Gasteiger partial charge in [-0.15, -0.1) is 0 Å². The first-order chi connectivity index (χ1) is 10.8. The molecule has 3 N–H and O–H groups in total. The highest BCUT2D eigenvalue weighted by Crippen LogP contribution is 2.23. The largest absolute Gasteiger partial charge is 0.351 e. The molecule has 0 aromatic carbocycles. The average molecular weight is 346 g/mol. The van der Waals surface area contributed by atoms with E-state index in [1.54, 1.807) is 4.90 Å². The Morgan fingerprint density at radius 3 is 2.35 bits per heavy atom. The van der Waals surface area contributed by atoms with Gasteiger partial charge in [-0.05, 0) is 31.6 Å². The summed E-state index contributed by atoms with van der Waals surface area (Å²) in [5, 5.41) is 0. The SMILES string of the molecule is CS(=O)(=O)NC[C@@H]1CCCN(C(=O)C2CCN(C(N)=O)CC2)C1. The van der Waals surface area contributed by atoms with Crippen LogP contribution in [-0.2, 0) is 14.8 Å². The second-order valence-corrected chi connectivity index (χ2v) is 8.35. The van der Waals surface area contributed by atoms with E-state index in [0.717, 1.165) is 25.6 Å². The standard InChI is InChI=1S/C14H26N4O4S/c1-23(21,22)16-9-11-3-2-6-18(10-11)13(19)12-4-7-17(8-5-12)14(15)20/h11-12,16H,2-10H2,1H3,(H2,15,20)/t11-/m0/s1. The zero-order valence-corrected chi connectivity index (χ0v) is 14.3. The molecule has 132 valence electrons. The van der Waals surface area contributed by atoms with Crippen LogP contribution in [0.4, 0.5) is 4.79 Å². The molecule has 2 aliphatic heterocycles. The summed E-state index contributed by atoms with van der Waals surface area (Å²) in [5.74, 6) is 0.221. The summed E-state index contributed by atoms with van der Waals surface area (Å²) >= 11 is 0. The van der Waals surface area contributed by atoms with Gasteiger partial charge in [0.05, 0.1) is 6.26 Å². The predicted octanol–water partition coefficient (Wildman–Crippen LogP) is -0.435. The summed E-state index contributed by atoms with van der Waals surface area (Å²) in [6, 6.07) is -0.430. The minimum Gasteiger partial charge on any atom is -0.351 e. The van der Waals surface area contributed by atoms with Crippen LogP contribution in [0.25, 0.3) is 0 Å². The monoisotopic (exact) mass is 346 g/mol. The molecule has 2 rings (SSSR count). The molecule has 0 bridgehead atoms. The molecule has 0 spiro atoms. The van der Waals surface area contributed by atoms with E-state index in [4.69, 9.17) is 5.73 Å². The number of nitrogens with two attached hydrogens (primary N) is 1. The van der Waals surface area contributed by atoms with Crippen molar-refractivity contribution in [3.63, 3.8) is 0 Å². The molecule has 8 nitrogen and oxygen atoms in total. The van der Waals surface area contributed by atoms with E-state index in [2.05, 4.69) is 4.72 Å². The first kappa shape index (κ1) is 18.0. The van der Waals surface area contributed by atoms with E-state index < -0.39 is 16.1 Å². The van der Waals surface area contributed by atoms with E-state index in [9.17, 15) is 18.0 Å². The van der Waals surface area contributed by atoms with E-state index >= 15 is 0 Å². The quantitative estimate of drug-likeness (QED) is 0.719. The summed E-state index contributed by atoms with van der Waals surface area (Å²) in [4.78, 5) is 27.2. The molecule has 0 aliphatic carbocycles. The highest BCUT2D eigenvalue weighted by atomic mass is 32.2. The summed E-state index contributed by atoms with van der Waals surface area (Å²) in [7, 11) is -3.20. The molecule has 2 heterocycles. The smallest absolute Gasteiger partial charge is 0.314 e. The third-order valence-electron chi connectivity index (χ3n) is 4.62. The second kappa shape index (κ2) is 7.48. The van der Waals surface area contributed by atoms with Crippen LogP contribution in [0.15, 0.2) is 0 Å². The molecule has 0 aromatic rings. The first-order valence-electron chi connectivity index (χ1n) is 8.04. The summed E-state index contributed by atoms with van der Waals surface area (Å²) in [5.41, 5.74) is 5.25. The fraction of sp³-hybridized carbons (Fsp3) is 0.857. The molecule has 2 saturated heterocycles. The maximum absolute atomic E-state index is 12.6. The van der Waals surface area contributed by atoms with Crippen LogP contribution in [0.1, 0.15) is 25.7 Å². The van der Waals surface area contributed by atoms with Gasteiger partial charge in [0.2, 0.25) is 15.9 Å². The van der Waals surface area contributed by atoms with E-state index in [1.165, 1.54) is 0 Å². The number of hydrogen-bond donors (Lipinski definition) is 2. The minimum atomic E-state index is -3.20. The topological polar surface area (TPSA) is 113 Å². The predicted molar refractivity (Wildman–Crippen MR) is 86.0 cm³/mol. The first-order valence-corrected chi connectivity index (χ1v) is 9.93. The number of urea groups is 1. The number of carbonyl (C=O) groups is 2. The average Bonchev–Trinajstić information content (AvgIpc) is 2.52. The third-order valence-corrected chi connectivity index (χ3v) is 5.31. The molecule has 0 unspecified atom stereocenters. The molecule has 2 aliphatic rings. The third kappa shape index (κ3) is 5.35. The normalized spacial score (nSPS) is 23.8. The highest BCUT2D eigenvalue weighted by molar-refractivity contribution is 7.88. The van der Waals surface area contributed by atoms with Gasteiger partial charge < -0.3 is 15.5 Å². The Morgan fingerprint density at radius 1 is 1.13 bits per heavy atom. The lowest BCUT2D eigenvalue weighted by molar-refractivity contribution is -0.138. The molecule has 3 amide bonds. The number of piperidine rings is 2. The van der Waals surface area contributed by atoms with Gasteiger partial charge in [0.1, 0.15) is 0 Å². The molecular formula is C14H26N4O4S. The maximum Gasteiger partial charge on any atom is 0.314 e. The van der Waals surface area contributed by atoms with Gasteiger partial charge in [-0.3, -0.25) is 4.79 Å². The highest BCUT2D eigenvalue weighted by Gasteiger charge is 2.32. The van der Waals surface area contributed by atoms with Crippen LogP contribution in [0.5, 0.6) is 0 Å². The summed E-state index contributed by atoms with van der Waals surface area (Å²) in [6.45, 7) is 2.75. The van der Waals surface area contributed by atoms with Crippen LogP contribution >= 0.6 is 0 Å². The van der Waals surface area contributed by atoms with Gasteiger partial charge in [-0.1, -0.05) is 0 Å². The van der Waals surface area contributed by atoms with Crippen molar-refractivity contribution in [3.8, 4) is 0 Å². The number of nitrogens with one attached hydrogen (secondary N) is 1. The summed E-state index contributed by atoms with van der Waals surface area (Å²) < 4.78 is 24.9. The Balaban J connectivity index is 1.84. The lowest BCUT2D eigenvalue weighted by atomic mass is 9.92.